The molecule has 0 radical (unpaired) electrons. The van der Waals surface area contributed by atoms with Crippen LogP contribution in [-0.2, 0) is 9.53 Å². The van der Waals surface area contributed by atoms with Crippen molar-refractivity contribution < 1.29 is 9.53 Å². The van der Waals surface area contributed by atoms with Crippen LogP contribution in [0.1, 0.15) is 31.0 Å². The Bertz CT molecular complexity index is 1470. The number of ether oxygens (including phenoxy) is 1. The van der Waals surface area contributed by atoms with E-state index in [0.717, 1.165) is 25.8 Å². The highest BCUT2D eigenvalue weighted by Crippen LogP contribution is 2.31. The second-order valence-electron chi connectivity index (χ2n) is 7.96. The molecule has 1 aliphatic rings. The van der Waals surface area contributed by atoms with Gasteiger partial charge in [-0.25, -0.2) is 9.79 Å². The Morgan fingerprint density at radius 3 is 2.53 bits per heavy atom. The maximum Gasteiger partial charge on any atom is 0.338 e. The van der Waals surface area contributed by atoms with E-state index in [2.05, 4.69) is 36.9 Å². The van der Waals surface area contributed by atoms with Crippen LogP contribution in [0.3, 0.4) is 0 Å². The summed E-state index contributed by atoms with van der Waals surface area (Å²) >= 11 is 8.38. The second-order valence-corrected chi connectivity index (χ2v) is 10.7. The number of carbonyl (C=O) groups excluding carboxylic acids is 1. The summed E-state index contributed by atoms with van der Waals surface area (Å²) in [7, 11) is 3.95. The van der Waals surface area contributed by atoms with E-state index in [1.165, 1.54) is 11.3 Å². The number of thiazole rings is 1. The van der Waals surface area contributed by atoms with Gasteiger partial charge in [0.1, 0.15) is 0 Å². The van der Waals surface area contributed by atoms with Gasteiger partial charge in [-0.1, -0.05) is 45.5 Å². The van der Waals surface area contributed by atoms with Crippen molar-refractivity contribution in [3.05, 3.63) is 93.5 Å². The summed E-state index contributed by atoms with van der Waals surface area (Å²) in [5.74, 6) is -0.464. The predicted octanol–water partition coefficient (Wildman–Crippen LogP) is 4.39. The van der Waals surface area contributed by atoms with Crippen LogP contribution in [0.5, 0.6) is 0 Å². The summed E-state index contributed by atoms with van der Waals surface area (Å²) in [5.41, 5.74) is 3.48. The standard InChI is InChI=1S/C25H23Br2N3O3S/c1-5-33-24(32)21-14(2)28-25-30(22(21)16-7-9-17(26)10-8-16)23(31)20(34-25)13-15-6-11-19(29(3)4)18(27)12-15/h6-13,22H,5H2,1-4H3/t22-/m1/s1. The molecule has 0 aliphatic carbocycles. The van der Waals surface area contributed by atoms with E-state index in [1.807, 2.05) is 67.5 Å². The minimum absolute atomic E-state index is 0.196. The highest BCUT2D eigenvalue weighted by Gasteiger charge is 2.33. The second kappa shape index (κ2) is 10.0. The molecule has 6 nitrogen and oxygen atoms in total. The SMILES string of the molecule is CCOC(=O)C1=C(C)N=c2sc(=Cc3ccc(N(C)C)c(Br)c3)c(=O)n2[C@@H]1c1ccc(Br)cc1. The fourth-order valence-electron chi connectivity index (χ4n) is 3.88. The third kappa shape index (κ3) is 4.69. The van der Waals surface area contributed by atoms with Crippen molar-refractivity contribution >= 4 is 60.9 Å². The monoisotopic (exact) mass is 603 g/mol. The fraction of sp³-hybridized carbons (Fsp3) is 0.240. The minimum atomic E-state index is -0.617. The van der Waals surface area contributed by atoms with E-state index in [0.29, 0.717) is 20.6 Å². The molecule has 0 N–H and O–H groups in total. The number of nitrogens with zero attached hydrogens (tertiary/aromatic N) is 3. The number of aromatic nitrogens is 1. The number of carbonyl (C=O) groups is 1. The van der Waals surface area contributed by atoms with Gasteiger partial charge in [-0.15, -0.1) is 0 Å². The fourth-order valence-corrected chi connectivity index (χ4v) is 5.94. The first-order valence-corrected chi connectivity index (χ1v) is 13.0. The topological polar surface area (TPSA) is 63.9 Å². The third-order valence-electron chi connectivity index (χ3n) is 5.45. The molecule has 0 unspecified atom stereocenters. The lowest BCUT2D eigenvalue weighted by Gasteiger charge is -2.24. The Morgan fingerprint density at radius 1 is 1.21 bits per heavy atom. The molecular formula is C25H23Br2N3O3S. The van der Waals surface area contributed by atoms with Crippen LogP contribution < -0.4 is 19.8 Å². The Balaban J connectivity index is 1.91. The van der Waals surface area contributed by atoms with Crippen molar-refractivity contribution in [3.63, 3.8) is 0 Å². The average molecular weight is 605 g/mol. The van der Waals surface area contributed by atoms with Crippen LogP contribution in [0.2, 0.25) is 0 Å². The quantitative estimate of drug-likeness (QED) is 0.405. The molecule has 1 aliphatic heterocycles. The maximum atomic E-state index is 13.6. The van der Waals surface area contributed by atoms with Crippen LogP contribution in [-0.4, -0.2) is 31.2 Å². The number of hydrogen-bond acceptors (Lipinski definition) is 6. The number of rotatable bonds is 5. The van der Waals surface area contributed by atoms with E-state index >= 15 is 0 Å². The first-order valence-electron chi connectivity index (χ1n) is 10.6. The van der Waals surface area contributed by atoms with Crippen LogP contribution in [0.25, 0.3) is 6.08 Å². The van der Waals surface area contributed by atoms with E-state index in [1.54, 1.807) is 18.4 Å². The third-order valence-corrected chi connectivity index (χ3v) is 7.60. The van der Waals surface area contributed by atoms with Gasteiger partial charge in [-0.3, -0.25) is 9.36 Å². The highest BCUT2D eigenvalue weighted by atomic mass is 79.9. The molecule has 34 heavy (non-hydrogen) atoms. The van der Waals surface area contributed by atoms with Gasteiger partial charge in [0, 0.05) is 23.0 Å². The number of esters is 1. The summed E-state index contributed by atoms with van der Waals surface area (Å²) in [5, 5.41) is 0. The normalized spacial score (nSPS) is 15.7. The molecule has 3 aromatic rings. The van der Waals surface area contributed by atoms with Gasteiger partial charge in [0.05, 0.1) is 34.1 Å². The lowest BCUT2D eigenvalue weighted by molar-refractivity contribution is -0.139. The zero-order valence-corrected chi connectivity index (χ0v) is 23.1. The summed E-state index contributed by atoms with van der Waals surface area (Å²) in [6.07, 6.45) is 1.86. The molecule has 0 bridgehead atoms. The molecule has 1 aromatic heterocycles. The van der Waals surface area contributed by atoms with Crippen molar-refractivity contribution in [2.24, 2.45) is 4.99 Å². The van der Waals surface area contributed by atoms with Gasteiger partial charge in [0.2, 0.25) is 0 Å². The molecule has 0 saturated carbocycles. The first kappa shape index (κ1) is 24.6. The number of halogens is 2. The van der Waals surface area contributed by atoms with Gasteiger partial charge in [0.15, 0.2) is 4.80 Å². The Kier molecular flexibility index (Phi) is 7.25. The Labute approximate surface area is 218 Å². The van der Waals surface area contributed by atoms with Crippen LogP contribution in [0.15, 0.2) is 72.5 Å². The van der Waals surface area contributed by atoms with Crippen LogP contribution >= 0.6 is 43.2 Å². The summed E-state index contributed by atoms with van der Waals surface area (Å²) < 4.78 is 9.33. The smallest absolute Gasteiger partial charge is 0.338 e. The molecular weight excluding hydrogens is 582 g/mol. The van der Waals surface area contributed by atoms with Crippen LogP contribution in [0, 0.1) is 0 Å². The van der Waals surface area contributed by atoms with E-state index in [9.17, 15) is 9.59 Å². The van der Waals surface area contributed by atoms with Crippen molar-refractivity contribution in [1.82, 2.24) is 4.57 Å². The Hall–Kier alpha value is -2.49. The van der Waals surface area contributed by atoms with Gasteiger partial charge in [-0.05, 0) is 71.2 Å². The lowest BCUT2D eigenvalue weighted by atomic mass is 9.96. The number of allylic oxidation sites excluding steroid dienone is 1. The molecule has 0 fully saturated rings. The van der Waals surface area contributed by atoms with Gasteiger partial charge in [0.25, 0.3) is 5.56 Å². The molecule has 1 atom stereocenters. The largest absolute Gasteiger partial charge is 0.463 e. The highest BCUT2D eigenvalue weighted by molar-refractivity contribution is 9.10. The predicted molar refractivity (Wildman–Crippen MR) is 143 cm³/mol. The molecule has 176 valence electrons. The Morgan fingerprint density at radius 2 is 1.91 bits per heavy atom. The van der Waals surface area contributed by atoms with Gasteiger partial charge < -0.3 is 9.64 Å². The van der Waals surface area contributed by atoms with Crippen molar-refractivity contribution in [2.45, 2.75) is 19.9 Å². The van der Waals surface area contributed by atoms with Crippen LogP contribution in [0.4, 0.5) is 5.69 Å². The summed E-state index contributed by atoms with van der Waals surface area (Å²) in [6, 6.07) is 12.9. The van der Waals surface area contributed by atoms with E-state index < -0.39 is 12.0 Å². The molecule has 4 rings (SSSR count). The van der Waals surface area contributed by atoms with Gasteiger partial charge in [-0.2, -0.15) is 0 Å². The minimum Gasteiger partial charge on any atom is -0.463 e. The molecule has 0 saturated heterocycles. The number of anilines is 1. The zero-order valence-electron chi connectivity index (χ0n) is 19.1. The van der Waals surface area contributed by atoms with Crippen molar-refractivity contribution in [3.8, 4) is 0 Å². The van der Waals surface area contributed by atoms with Gasteiger partial charge >= 0.3 is 5.97 Å². The van der Waals surface area contributed by atoms with E-state index in [-0.39, 0.29) is 12.2 Å². The lowest BCUT2D eigenvalue weighted by Crippen LogP contribution is -2.39. The first-order chi connectivity index (χ1) is 16.2. The molecule has 0 amide bonds. The summed E-state index contributed by atoms with van der Waals surface area (Å²) in [6.45, 7) is 3.79. The molecule has 2 aromatic carbocycles. The van der Waals surface area contributed by atoms with Crippen molar-refractivity contribution in [1.29, 1.82) is 0 Å². The number of benzene rings is 2. The number of hydrogen-bond donors (Lipinski definition) is 0. The molecule has 0 spiro atoms. The maximum absolute atomic E-state index is 13.6. The number of fused-ring (bicyclic) bond motifs is 1. The zero-order chi connectivity index (χ0) is 24.6. The van der Waals surface area contributed by atoms with Crippen molar-refractivity contribution in [2.75, 3.05) is 25.6 Å². The molecule has 9 heteroatoms. The van der Waals surface area contributed by atoms with E-state index in [4.69, 9.17) is 4.74 Å². The molecule has 2 heterocycles. The average Bonchev–Trinajstić information content (AvgIpc) is 3.08. The summed E-state index contributed by atoms with van der Waals surface area (Å²) in [4.78, 5) is 33.7.